The molecule has 5 nitrogen and oxygen atoms in total. The smallest absolute Gasteiger partial charge is 0.237 e. The van der Waals surface area contributed by atoms with Gasteiger partial charge in [0.25, 0.3) is 0 Å². The van der Waals surface area contributed by atoms with Crippen molar-refractivity contribution in [2.24, 2.45) is 0 Å². The SMILES string of the molecule is CS(=O)(=O)N(CCCc1ccccc1)CC(=O)N1CCCC1. The van der Waals surface area contributed by atoms with Crippen LogP contribution in [0.3, 0.4) is 0 Å². The summed E-state index contributed by atoms with van der Waals surface area (Å²) < 4.78 is 25.1. The zero-order valence-electron chi connectivity index (χ0n) is 13.1. The molecule has 1 amide bonds. The van der Waals surface area contributed by atoms with E-state index < -0.39 is 10.0 Å². The summed E-state index contributed by atoms with van der Waals surface area (Å²) in [6.07, 6.45) is 4.72. The highest BCUT2D eigenvalue weighted by Crippen LogP contribution is 2.10. The molecule has 0 spiro atoms. The Bertz CT molecular complexity index is 581. The number of likely N-dealkylation sites (tertiary alicyclic amines) is 1. The number of benzene rings is 1. The molecule has 6 heteroatoms. The number of sulfonamides is 1. The van der Waals surface area contributed by atoms with Gasteiger partial charge in [-0.2, -0.15) is 4.31 Å². The van der Waals surface area contributed by atoms with E-state index >= 15 is 0 Å². The van der Waals surface area contributed by atoms with Crippen LogP contribution in [0.1, 0.15) is 24.8 Å². The Morgan fingerprint density at radius 2 is 1.82 bits per heavy atom. The molecular formula is C16H24N2O3S. The average Bonchev–Trinajstić information content (AvgIpc) is 3.00. The maximum Gasteiger partial charge on any atom is 0.237 e. The summed E-state index contributed by atoms with van der Waals surface area (Å²) in [6, 6.07) is 9.96. The highest BCUT2D eigenvalue weighted by Gasteiger charge is 2.24. The maximum absolute atomic E-state index is 12.2. The molecule has 1 aromatic carbocycles. The molecule has 0 radical (unpaired) electrons. The van der Waals surface area contributed by atoms with Crippen LogP contribution >= 0.6 is 0 Å². The minimum Gasteiger partial charge on any atom is -0.342 e. The van der Waals surface area contributed by atoms with E-state index in [9.17, 15) is 13.2 Å². The van der Waals surface area contributed by atoms with Crippen LogP contribution in [0.15, 0.2) is 30.3 Å². The Hall–Kier alpha value is -1.40. The van der Waals surface area contributed by atoms with E-state index in [4.69, 9.17) is 0 Å². The highest BCUT2D eigenvalue weighted by atomic mass is 32.2. The van der Waals surface area contributed by atoms with Crippen molar-refractivity contribution < 1.29 is 13.2 Å². The minimum absolute atomic E-state index is 0.0341. The number of rotatable bonds is 7. The zero-order valence-corrected chi connectivity index (χ0v) is 13.9. The Morgan fingerprint density at radius 3 is 2.41 bits per heavy atom. The van der Waals surface area contributed by atoms with Crippen LogP contribution in [0.4, 0.5) is 0 Å². The monoisotopic (exact) mass is 324 g/mol. The summed E-state index contributed by atoms with van der Waals surface area (Å²) in [7, 11) is -3.36. The second kappa shape index (κ2) is 7.74. The van der Waals surface area contributed by atoms with E-state index in [1.807, 2.05) is 30.3 Å². The van der Waals surface area contributed by atoms with Gasteiger partial charge in [0.1, 0.15) is 0 Å². The number of hydrogen-bond donors (Lipinski definition) is 0. The number of carbonyl (C=O) groups excluding carboxylic acids is 1. The first kappa shape index (κ1) is 17.0. The number of nitrogens with zero attached hydrogens (tertiary/aromatic N) is 2. The van der Waals surface area contributed by atoms with Gasteiger partial charge in [-0.15, -0.1) is 0 Å². The molecule has 0 bridgehead atoms. The summed E-state index contributed by atoms with van der Waals surface area (Å²) in [5.74, 6) is -0.0809. The lowest BCUT2D eigenvalue weighted by Gasteiger charge is -2.23. The largest absolute Gasteiger partial charge is 0.342 e. The van der Waals surface area contributed by atoms with Crippen molar-refractivity contribution in [3.8, 4) is 0 Å². The van der Waals surface area contributed by atoms with Crippen molar-refractivity contribution in [3.05, 3.63) is 35.9 Å². The fourth-order valence-corrected chi connectivity index (χ4v) is 3.49. The first-order valence-electron chi connectivity index (χ1n) is 7.73. The zero-order chi connectivity index (χ0) is 16.0. The van der Waals surface area contributed by atoms with Gasteiger partial charge in [0.2, 0.25) is 15.9 Å². The standard InChI is InChI=1S/C16H24N2O3S/c1-22(20,21)18(14-16(19)17-11-5-6-12-17)13-7-10-15-8-3-2-4-9-15/h2-4,8-9H,5-7,10-14H2,1H3. The topological polar surface area (TPSA) is 57.7 Å². The van der Waals surface area contributed by atoms with Gasteiger partial charge in [0.05, 0.1) is 12.8 Å². The van der Waals surface area contributed by atoms with E-state index in [1.54, 1.807) is 4.90 Å². The van der Waals surface area contributed by atoms with Gasteiger partial charge in [-0.25, -0.2) is 8.42 Å². The van der Waals surface area contributed by atoms with Crippen molar-refractivity contribution in [2.75, 3.05) is 32.4 Å². The third kappa shape index (κ3) is 5.10. The van der Waals surface area contributed by atoms with Gasteiger partial charge in [0.15, 0.2) is 0 Å². The fraction of sp³-hybridized carbons (Fsp3) is 0.562. The van der Waals surface area contributed by atoms with Crippen LogP contribution in [0, 0.1) is 0 Å². The molecule has 22 heavy (non-hydrogen) atoms. The minimum atomic E-state index is -3.36. The van der Waals surface area contributed by atoms with Crippen LogP contribution in [0.25, 0.3) is 0 Å². The van der Waals surface area contributed by atoms with Crippen LogP contribution in [-0.4, -0.2) is 56.0 Å². The van der Waals surface area contributed by atoms with Gasteiger partial charge in [-0.1, -0.05) is 30.3 Å². The summed E-state index contributed by atoms with van der Waals surface area (Å²) in [5, 5.41) is 0. The average molecular weight is 324 g/mol. The fourth-order valence-electron chi connectivity index (χ4n) is 2.68. The van der Waals surface area contributed by atoms with E-state index in [0.717, 1.165) is 32.4 Å². The molecule has 0 N–H and O–H groups in total. The summed E-state index contributed by atoms with van der Waals surface area (Å²) >= 11 is 0. The summed E-state index contributed by atoms with van der Waals surface area (Å²) in [6.45, 7) is 1.85. The van der Waals surface area contributed by atoms with E-state index in [0.29, 0.717) is 13.0 Å². The van der Waals surface area contributed by atoms with Crippen molar-refractivity contribution in [3.63, 3.8) is 0 Å². The first-order valence-corrected chi connectivity index (χ1v) is 9.58. The van der Waals surface area contributed by atoms with Crippen molar-refractivity contribution in [1.82, 2.24) is 9.21 Å². The number of hydrogen-bond acceptors (Lipinski definition) is 3. The molecule has 2 rings (SSSR count). The van der Waals surface area contributed by atoms with Crippen molar-refractivity contribution in [1.29, 1.82) is 0 Å². The van der Waals surface area contributed by atoms with Gasteiger partial charge in [-0.05, 0) is 31.2 Å². The normalized spacial score (nSPS) is 15.5. The third-order valence-electron chi connectivity index (χ3n) is 3.96. The molecule has 1 fully saturated rings. The van der Waals surface area contributed by atoms with E-state index in [-0.39, 0.29) is 12.5 Å². The predicted molar refractivity (Wildman–Crippen MR) is 87.0 cm³/mol. The second-order valence-electron chi connectivity index (χ2n) is 5.77. The van der Waals surface area contributed by atoms with Gasteiger partial charge in [-0.3, -0.25) is 4.79 Å². The lowest BCUT2D eigenvalue weighted by atomic mass is 10.1. The van der Waals surface area contributed by atoms with Crippen molar-refractivity contribution in [2.45, 2.75) is 25.7 Å². The predicted octanol–water partition coefficient (Wildman–Crippen LogP) is 1.50. The Kier molecular flexibility index (Phi) is 5.97. The molecule has 1 heterocycles. The molecule has 0 aliphatic carbocycles. The molecular weight excluding hydrogens is 300 g/mol. The Morgan fingerprint density at radius 1 is 1.18 bits per heavy atom. The first-order chi connectivity index (χ1) is 10.5. The third-order valence-corrected chi connectivity index (χ3v) is 5.20. The van der Waals surface area contributed by atoms with Gasteiger partial charge in [0, 0.05) is 19.6 Å². The molecule has 0 unspecified atom stereocenters. The summed E-state index contributed by atoms with van der Waals surface area (Å²) in [5.41, 5.74) is 1.18. The lowest BCUT2D eigenvalue weighted by molar-refractivity contribution is -0.130. The molecule has 1 aromatic rings. The number of carbonyl (C=O) groups is 1. The van der Waals surface area contributed by atoms with Crippen LogP contribution < -0.4 is 0 Å². The molecule has 0 atom stereocenters. The molecule has 1 saturated heterocycles. The molecule has 122 valence electrons. The summed E-state index contributed by atoms with van der Waals surface area (Å²) in [4.78, 5) is 13.9. The van der Waals surface area contributed by atoms with E-state index in [1.165, 1.54) is 16.1 Å². The van der Waals surface area contributed by atoms with Crippen LogP contribution in [0.2, 0.25) is 0 Å². The quantitative estimate of drug-likeness (QED) is 0.764. The Labute approximate surface area is 133 Å². The molecule has 0 saturated carbocycles. The molecule has 0 aromatic heterocycles. The second-order valence-corrected chi connectivity index (χ2v) is 7.76. The van der Waals surface area contributed by atoms with Gasteiger partial charge >= 0.3 is 0 Å². The Balaban J connectivity index is 1.88. The molecule has 1 aliphatic rings. The highest BCUT2D eigenvalue weighted by molar-refractivity contribution is 7.88. The van der Waals surface area contributed by atoms with Crippen molar-refractivity contribution >= 4 is 15.9 Å². The number of aryl methyl sites for hydroxylation is 1. The lowest BCUT2D eigenvalue weighted by Crippen LogP contribution is -2.42. The van der Waals surface area contributed by atoms with Crippen LogP contribution in [0.5, 0.6) is 0 Å². The maximum atomic E-state index is 12.2. The van der Waals surface area contributed by atoms with E-state index in [2.05, 4.69) is 0 Å². The van der Waals surface area contributed by atoms with Crippen LogP contribution in [-0.2, 0) is 21.2 Å². The van der Waals surface area contributed by atoms with Gasteiger partial charge < -0.3 is 4.90 Å². The number of amides is 1. The molecule has 1 aliphatic heterocycles.